The molecule has 4 aromatic carbocycles. The number of nitrogens with one attached hydrogen (secondary N) is 1. The van der Waals surface area contributed by atoms with Crippen LogP contribution in [0.1, 0.15) is 46.0 Å². The first kappa shape index (κ1) is 24.4. The summed E-state index contributed by atoms with van der Waals surface area (Å²) < 4.78 is 2.30. The summed E-state index contributed by atoms with van der Waals surface area (Å²) in [6.45, 7) is 3.35. The van der Waals surface area contributed by atoms with Gasteiger partial charge in [-0.2, -0.15) is 0 Å². The number of rotatable bonds is 6. The fraction of sp³-hybridized carbons (Fsp3) is 0.200. The van der Waals surface area contributed by atoms with Crippen molar-refractivity contribution >= 4 is 11.6 Å². The second-order valence-corrected chi connectivity index (χ2v) is 10.8. The highest BCUT2D eigenvalue weighted by Gasteiger charge is 2.44. The van der Waals surface area contributed by atoms with Gasteiger partial charge in [0.15, 0.2) is 0 Å². The lowest BCUT2D eigenvalue weighted by Crippen LogP contribution is -2.46. The minimum atomic E-state index is -0.621. The monoisotopic (exact) mass is 524 g/mol. The number of carbonyl (C=O) groups excluding carboxylic acids is 1. The molecule has 0 bridgehead atoms. The van der Waals surface area contributed by atoms with E-state index in [-0.39, 0.29) is 17.9 Å². The van der Waals surface area contributed by atoms with Gasteiger partial charge in [-0.3, -0.25) is 4.79 Å². The molecule has 1 saturated heterocycles. The van der Waals surface area contributed by atoms with Gasteiger partial charge in [0.1, 0.15) is 5.54 Å². The summed E-state index contributed by atoms with van der Waals surface area (Å²) in [5.74, 6) is 0.0486. The number of hydrogen-bond donors (Lipinski definition) is 1. The second kappa shape index (κ2) is 9.83. The van der Waals surface area contributed by atoms with Gasteiger partial charge in [-0.05, 0) is 41.7 Å². The standard InChI is InChI=1S/C35H32N4O/c1-25-32(23-38-22-21-31-33(34(38)40)29-19-11-12-20-30(29)37-31)36-24-39(25)35(26-13-5-2-6-14-26,27-15-7-3-8-16-27)28-17-9-4-10-18-28/h2-20,24,31,33,37H,21-23H2,1H3. The third kappa shape index (κ3) is 3.76. The number of aromatic nitrogens is 2. The van der Waals surface area contributed by atoms with Crippen LogP contribution in [0.25, 0.3) is 0 Å². The molecule has 5 nitrogen and oxygen atoms in total. The Labute approximate surface area is 235 Å². The normalized spacial score (nSPS) is 18.2. The maximum atomic E-state index is 13.8. The third-order valence-corrected chi connectivity index (χ3v) is 8.71. The Bertz CT molecular complexity index is 1550. The molecule has 0 saturated carbocycles. The van der Waals surface area contributed by atoms with E-state index < -0.39 is 5.54 Å². The lowest BCUT2D eigenvalue weighted by atomic mass is 9.76. The molecular formula is C35H32N4O. The van der Waals surface area contributed by atoms with Crippen molar-refractivity contribution in [3.8, 4) is 0 Å². The van der Waals surface area contributed by atoms with Crippen molar-refractivity contribution in [1.82, 2.24) is 14.5 Å². The summed E-state index contributed by atoms with van der Waals surface area (Å²) >= 11 is 0. The molecule has 2 unspecified atom stereocenters. The van der Waals surface area contributed by atoms with Gasteiger partial charge < -0.3 is 14.8 Å². The Morgan fingerprint density at radius 3 is 1.95 bits per heavy atom. The van der Waals surface area contributed by atoms with E-state index in [2.05, 4.69) is 120 Å². The number of para-hydroxylation sites is 1. The van der Waals surface area contributed by atoms with Crippen molar-refractivity contribution in [2.75, 3.05) is 11.9 Å². The van der Waals surface area contributed by atoms with E-state index >= 15 is 0 Å². The van der Waals surface area contributed by atoms with Gasteiger partial charge in [0.05, 0.1) is 24.5 Å². The van der Waals surface area contributed by atoms with Crippen molar-refractivity contribution in [3.05, 3.63) is 155 Å². The molecule has 2 aliphatic heterocycles. The number of carbonyl (C=O) groups is 1. The maximum Gasteiger partial charge on any atom is 0.232 e. The van der Waals surface area contributed by atoms with E-state index in [9.17, 15) is 4.79 Å². The van der Waals surface area contributed by atoms with Crippen molar-refractivity contribution in [2.45, 2.75) is 37.4 Å². The fourth-order valence-corrected chi connectivity index (χ4v) is 6.78. The third-order valence-electron chi connectivity index (χ3n) is 8.71. The fourth-order valence-electron chi connectivity index (χ4n) is 6.78. The molecule has 1 N–H and O–H groups in total. The molecule has 198 valence electrons. The van der Waals surface area contributed by atoms with Gasteiger partial charge in [0.25, 0.3) is 0 Å². The number of likely N-dealkylation sites (tertiary alicyclic amines) is 1. The number of anilines is 1. The van der Waals surface area contributed by atoms with Gasteiger partial charge in [0, 0.05) is 24.0 Å². The quantitative estimate of drug-likeness (QED) is 0.264. The van der Waals surface area contributed by atoms with Crippen molar-refractivity contribution in [2.24, 2.45) is 0 Å². The van der Waals surface area contributed by atoms with Crippen LogP contribution in [0.5, 0.6) is 0 Å². The first-order chi connectivity index (χ1) is 19.7. The minimum Gasteiger partial charge on any atom is -0.381 e. The Morgan fingerprint density at radius 2 is 1.35 bits per heavy atom. The van der Waals surface area contributed by atoms with E-state index in [1.807, 2.05) is 23.4 Å². The predicted molar refractivity (Wildman–Crippen MR) is 158 cm³/mol. The number of fused-ring (bicyclic) bond motifs is 3. The summed E-state index contributed by atoms with van der Waals surface area (Å²) in [4.78, 5) is 20.8. The molecule has 2 atom stereocenters. The van der Waals surface area contributed by atoms with E-state index in [0.717, 1.165) is 45.7 Å². The zero-order valence-corrected chi connectivity index (χ0v) is 22.6. The van der Waals surface area contributed by atoms with Crippen LogP contribution in [0.2, 0.25) is 0 Å². The SMILES string of the molecule is Cc1c(CN2CCC3Nc4ccccc4C3C2=O)ncn1C(c1ccccc1)(c1ccccc1)c1ccccc1. The summed E-state index contributed by atoms with van der Waals surface area (Å²) in [5, 5.41) is 3.57. The Kier molecular flexibility index (Phi) is 6.00. The van der Waals surface area contributed by atoms with Crippen molar-refractivity contribution in [1.29, 1.82) is 0 Å². The number of piperidine rings is 1. The molecule has 40 heavy (non-hydrogen) atoms. The molecule has 7 rings (SSSR count). The first-order valence-electron chi connectivity index (χ1n) is 14.0. The lowest BCUT2D eigenvalue weighted by Gasteiger charge is -2.38. The van der Waals surface area contributed by atoms with E-state index in [1.54, 1.807) is 0 Å². The van der Waals surface area contributed by atoms with Crippen LogP contribution >= 0.6 is 0 Å². The Balaban J connectivity index is 1.32. The van der Waals surface area contributed by atoms with Crippen molar-refractivity contribution in [3.63, 3.8) is 0 Å². The average molecular weight is 525 g/mol. The Morgan fingerprint density at radius 1 is 0.800 bits per heavy atom. The van der Waals surface area contributed by atoms with Crippen LogP contribution in [0.3, 0.4) is 0 Å². The van der Waals surface area contributed by atoms with Crippen LogP contribution < -0.4 is 5.32 Å². The van der Waals surface area contributed by atoms with Gasteiger partial charge in [-0.15, -0.1) is 0 Å². The molecule has 5 heteroatoms. The molecule has 1 amide bonds. The van der Waals surface area contributed by atoms with Crippen LogP contribution in [-0.4, -0.2) is 32.9 Å². The minimum absolute atomic E-state index is 0.135. The lowest BCUT2D eigenvalue weighted by molar-refractivity contribution is -0.136. The van der Waals surface area contributed by atoms with Crippen LogP contribution in [-0.2, 0) is 16.9 Å². The highest BCUT2D eigenvalue weighted by Crippen LogP contribution is 2.43. The second-order valence-electron chi connectivity index (χ2n) is 10.8. The summed E-state index contributed by atoms with van der Waals surface area (Å²) in [6.07, 6.45) is 2.88. The topological polar surface area (TPSA) is 50.2 Å². The molecule has 1 fully saturated rings. The number of amides is 1. The summed E-state index contributed by atoms with van der Waals surface area (Å²) in [6, 6.07) is 40.3. The molecular weight excluding hydrogens is 492 g/mol. The van der Waals surface area contributed by atoms with Gasteiger partial charge >= 0.3 is 0 Å². The summed E-state index contributed by atoms with van der Waals surface area (Å²) in [7, 11) is 0. The zero-order valence-electron chi connectivity index (χ0n) is 22.6. The van der Waals surface area contributed by atoms with E-state index in [4.69, 9.17) is 4.98 Å². The Hall–Kier alpha value is -4.64. The maximum absolute atomic E-state index is 13.8. The van der Waals surface area contributed by atoms with Gasteiger partial charge in [0.2, 0.25) is 5.91 Å². The number of benzene rings is 4. The molecule has 0 radical (unpaired) electrons. The molecule has 1 aromatic heterocycles. The number of nitrogens with zero attached hydrogens (tertiary/aromatic N) is 3. The van der Waals surface area contributed by atoms with Gasteiger partial charge in [-0.25, -0.2) is 4.98 Å². The summed E-state index contributed by atoms with van der Waals surface area (Å²) in [5.41, 5.74) is 7.03. The van der Waals surface area contributed by atoms with E-state index in [1.165, 1.54) is 0 Å². The van der Waals surface area contributed by atoms with E-state index in [0.29, 0.717) is 13.1 Å². The smallest absolute Gasteiger partial charge is 0.232 e. The molecule has 2 aliphatic rings. The van der Waals surface area contributed by atoms with Crippen LogP contribution in [0, 0.1) is 6.92 Å². The van der Waals surface area contributed by atoms with Crippen LogP contribution in [0.15, 0.2) is 122 Å². The highest BCUT2D eigenvalue weighted by molar-refractivity contribution is 5.90. The molecule has 3 heterocycles. The molecule has 0 aliphatic carbocycles. The van der Waals surface area contributed by atoms with Gasteiger partial charge in [-0.1, -0.05) is 109 Å². The van der Waals surface area contributed by atoms with Crippen LogP contribution in [0.4, 0.5) is 5.69 Å². The zero-order chi connectivity index (χ0) is 27.1. The number of imidazole rings is 1. The first-order valence-corrected chi connectivity index (χ1v) is 14.0. The largest absolute Gasteiger partial charge is 0.381 e. The molecule has 0 spiro atoms. The average Bonchev–Trinajstić information content (AvgIpc) is 3.57. The predicted octanol–water partition coefficient (Wildman–Crippen LogP) is 6.34. The highest BCUT2D eigenvalue weighted by atomic mass is 16.2. The number of hydrogen-bond acceptors (Lipinski definition) is 3. The molecule has 5 aromatic rings. The van der Waals surface area contributed by atoms with Crippen molar-refractivity contribution < 1.29 is 4.79 Å².